The second-order valence-corrected chi connectivity index (χ2v) is 2.83. The van der Waals surface area contributed by atoms with E-state index in [1.54, 1.807) is 6.08 Å². The molecule has 0 aliphatic heterocycles. The van der Waals surface area contributed by atoms with Gasteiger partial charge in [0.15, 0.2) is 0 Å². The average molecular weight is 206 g/mol. The van der Waals surface area contributed by atoms with Gasteiger partial charge in [0.05, 0.1) is 0 Å². The van der Waals surface area contributed by atoms with E-state index < -0.39 is 12.0 Å². The number of hydrogen-bond acceptors (Lipinski definition) is 2. The van der Waals surface area contributed by atoms with E-state index in [-0.39, 0.29) is 0 Å². The normalized spacial score (nSPS) is 11.7. The Labute approximate surface area is 87.7 Å². The molecule has 3 heteroatoms. The van der Waals surface area contributed by atoms with Crippen LogP contribution in [0.2, 0.25) is 0 Å². The second kappa shape index (κ2) is 5.75. The zero-order chi connectivity index (χ0) is 11.1. The zero-order valence-electron chi connectivity index (χ0n) is 8.31. The first-order valence-corrected chi connectivity index (χ1v) is 4.46. The molecule has 1 rings (SSSR count). The third-order valence-corrected chi connectivity index (χ3v) is 1.56. The molecule has 0 N–H and O–H groups in total. The number of carbonyl (C=O) groups excluding carboxylic acids is 1. The molecule has 78 valence electrons. The van der Waals surface area contributed by atoms with Gasteiger partial charge in [-0.2, -0.15) is 4.39 Å². The molecule has 0 amide bonds. The number of rotatable bonds is 3. The van der Waals surface area contributed by atoms with Gasteiger partial charge < -0.3 is 4.74 Å². The highest BCUT2D eigenvalue weighted by Gasteiger charge is 1.96. The van der Waals surface area contributed by atoms with Gasteiger partial charge in [0.1, 0.15) is 0 Å². The van der Waals surface area contributed by atoms with Gasteiger partial charge in [-0.3, -0.25) is 4.79 Å². The number of esters is 1. The van der Waals surface area contributed by atoms with Crippen LogP contribution in [0.3, 0.4) is 0 Å². The highest BCUT2D eigenvalue weighted by Crippen LogP contribution is 2.04. The maximum Gasteiger partial charge on any atom is 0.309 e. The number of benzene rings is 1. The van der Waals surface area contributed by atoms with Crippen LogP contribution in [0.5, 0.6) is 0 Å². The zero-order valence-corrected chi connectivity index (χ0v) is 8.31. The van der Waals surface area contributed by atoms with Gasteiger partial charge in [-0.15, -0.1) is 0 Å². The van der Waals surface area contributed by atoms with Crippen LogP contribution in [0.15, 0.2) is 48.5 Å². The van der Waals surface area contributed by atoms with Crippen molar-refractivity contribution in [1.29, 1.82) is 0 Å². The molecule has 0 bridgehead atoms. The van der Waals surface area contributed by atoms with Crippen molar-refractivity contribution in [3.05, 3.63) is 54.1 Å². The lowest BCUT2D eigenvalue weighted by molar-refractivity contribution is -0.138. The van der Waals surface area contributed by atoms with Gasteiger partial charge in [-0.05, 0) is 5.56 Å². The van der Waals surface area contributed by atoms with Crippen molar-refractivity contribution in [2.75, 3.05) is 0 Å². The largest absolute Gasteiger partial charge is 0.399 e. The maximum absolute atomic E-state index is 12.7. The molecule has 0 aromatic heterocycles. The lowest BCUT2D eigenvalue weighted by Crippen LogP contribution is -1.93. The molecule has 0 unspecified atom stereocenters. The fraction of sp³-hybridized carbons (Fsp3) is 0.0833. The van der Waals surface area contributed by atoms with E-state index in [9.17, 15) is 9.18 Å². The minimum absolute atomic E-state index is 0.670. The van der Waals surface area contributed by atoms with E-state index in [1.165, 1.54) is 6.08 Å². The minimum atomic E-state index is -0.908. The fourth-order valence-electron chi connectivity index (χ4n) is 0.970. The summed E-state index contributed by atoms with van der Waals surface area (Å²) in [5.74, 6) is -0.670. The molecule has 0 aliphatic rings. The van der Waals surface area contributed by atoms with Gasteiger partial charge in [-0.25, -0.2) is 0 Å². The standard InChI is InChI=1S/C12H11FO2/c1-10(14)15-12(13)9-5-8-11-6-3-2-4-7-11/h2-9H,1H3/b8-5+,12-9+. The van der Waals surface area contributed by atoms with Crippen molar-refractivity contribution < 1.29 is 13.9 Å². The smallest absolute Gasteiger partial charge is 0.309 e. The van der Waals surface area contributed by atoms with Crippen LogP contribution < -0.4 is 0 Å². The van der Waals surface area contributed by atoms with Crippen LogP contribution in [0.4, 0.5) is 4.39 Å². The molecule has 0 heterocycles. The van der Waals surface area contributed by atoms with Crippen molar-refractivity contribution in [3.8, 4) is 0 Å². The molecule has 0 aliphatic carbocycles. The van der Waals surface area contributed by atoms with E-state index >= 15 is 0 Å². The number of ether oxygens (including phenoxy) is 1. The Bertz CT molecular complexity index is 380. The highest BCUT2D eigenvalue weighted by molar-refractivity contribution is 5.67. The Kier molecular flexibility index (Phi) is 4.29. The number of halogens is 1. The summed E-state index contributed by atoms with van der Waals surface area (Å²) in [5, 5.41) is 0. The first-order valence-electron chi connectivity index (χ1n) is 4.46. The SMILES string of the molecule is CC(=O)O/C(F)=C/C=C/c1ccccc1. The van der Waals surface area contributed by atoms with Gasteiger partial charge in [0.25, 0.3) is 6.01 Å². The van der Waals surface area contributed by atoms with Crippen molar-refractivity contribution in [3.63, 3.8) is 0 Å². The Morgan fingerprint density at radius 2 is 2.00 bits per heavy atom. The second-order valence-electron chi connectivity index (χ2n) is 2.83. The molecule has 1 aromatic rings. The summed E-state index contributed by atoms with van der Waals surface area (Å²) in [6.07, 6.45) is 4.28. The summed E-state index contributed by atoms with van der Waals surface area (Å²) in [4.78, 5) is 10.4. The molecular weight excluding hydrogens is 195 g/mol. The summed E-state index contributed by atoms with van der Waals surface area (Å²) < 4.78 is 16.9. The van der Waals surface area contributed by atoms with Crippen LogP contribution in [0.25, 0.3) is 6.08 Å². The first kappa shape index (κ1) is 11.2. The third-order valence-electron chi connectivity index (χ3n) is 1.56. The fourth-order valence-corrected chi connectivity index (χ4v) is 0.970. The molecule has 0 saturated heterocycles. The molecule has 0 saturated carbocycles. The summed E-state index contributed by atoms with van der Waals surface area (Å²) >= 11 is 0. The van der Waals surface area contributed by atoms with Gasteiger partial charge in [-0.1, -0.05) is 42.5 Å². The topological polar surface area (TPSA) is 26.3 Å². The van der Waals surface area contributed by atoms with Crippen molar-refractivity contribution in [1.82, 2.24) is 0 Å². The van der Waals surface area contributed by atoms with Crippen LogP contribution >= 0.6 is 0 Å². The van der Waals surface area contributed by atoms with E-state index in [1.807, 2.05) is 30.3 Å². The van der Waals surface area contributed by atoms with Crippen LogP contribution in [-0.2, 0) is 9.53 Å². The predicted octanol–water partition coefficient (Wildman–Crippen LogP) is 3.07. The van der Waals surface area contributed by atoms with Crippen molar-refractivity contribution >= 4 is 12.0 Å². The Morgan fingerprint density at radius 3 is 2.60 bits per heavy atom. The highest BCUT2D eigenvalue weighted by atomic mass is 19.1. The minimum Gasteiger partial charge on any atom is -0.399 e. The van der Waals surface area contributed by atoms with E-state index in [0.717, 1.165) is 18.6 Å². The van der Waals surface area contributed by atoms with Crippen LogP contribution in [0.1, 0.15) is 12.5 Å². The average Bonchev–Trinajstić information content (AvgIpc) is 2.18. The monoisotopic (exact) mass is 206 g/mol. The van der Waals surface area contributed by atoms with E-state index in [0.29, 0.717) is 0 Å². The van der Waals surface area contributed by atoms with Crippen LogP contribution in [-0.4, -0.2) is 5.97 Å². The predicted molar refractivity (Wildman–Crippen MR) is 56.4 cm³/mol. The lowest BCUT2D eigenvalue weighted by Gasteiger charge is -1.93. The van der Waals surface area contributed by atoms with Crippen LogP contribution in [0, 0.1) is 0 Å². The van der Waals surface area contributed by atoms with Gasteiger partial charge >= 0.3 is 5.97 Å². The van der Waals surface area contributed by atoms with Crippen molar-refractivity contribution in [2.24, 2.45) is 0 Å². The maximum atomic E-state index is 12.7. The molecule has 0 radical (unpaired) electrons. The molecule has 0 fully saturated rings. The van der Waals surface area contributed by atoms with E-state index in [4.69, 9.17) is 0 Å². The number of carbonyl (C=O) groups is 1. The van der Waals surface area contributed by atoms with Crippen molar-refractivity contribution in [2.45, 2.75) is 6.92 Å². The summed E-state index contributed by atoms with van der Waals surface area (Å²) in [6, 6.07) is 8.52. The Morgan fingerprint density at radius 1 is 1.33 bits per heavy atom. The lowest BCUT2D eigenvalue weighted by atomic mass is 10.2. The molecule has 2 nitrogen and oxygen atoms in total. The molecule has 0 atom stereocenters. The number of hydrogen-bond donors (Lipinski definition) is 0. The molecule has 15 heavy (non-hydrogen) atoms. The van der Waals surface area contributed by atoms with Gasteiger partial charge in [0.2, 0.25) is 0 Å². The third kappa shape index (κ3) is 4.76. The first-order chi connectivity index (χ1) is 7.18. The number of allylic oxidation sites excluding steroid dienone is 2. The summed E-state index contributed by atoms with van der Waals surface area (Å²) in [7, 11) is 0. The van der Waals surface area contributed by atoms with E-state index in [2.05, 4.69) is 4.74 Å². The quantitative estimate of drug-likeness (QED) is 0.431. The Balaban J connectivity index is 2.56. The molecule has 0 spiro atoms. The summed E-state index contributed by atoms with van der Waals surface area (Å²) in [5.41, 5.74) is 0.948. The Hall–Kier alpha value is -1.90. The van der Waals surface area contributed by atoms with Gasteiger partial charge in [0, 0.05) is 13.0 Å². The summed E-state index contributed by atoms with van der Waals surface area (Å²) in [6.45, 7) is 1.15. The molecule has 1 aromatic carbocycles. The molecular formula is C12H11FO2.